The zero-order chi connectivity index (χ0) is 15.7. The van der Waals surface area contributed by atoms with Crippen LogP contribution < -0.4 is 21.7 Å². The van der Waals surface area contributed by atoms with E-state index < -0.39 is 12.1 Å². The third-order valence-corrected chi connectivity index (χ3v) is 3.18. The molecule has 1 aliphatic rings. The van der Waals surface area contributed by atoms with Gasteiger partial charge in [0, 0.05) is 13.1 Å². The number of primary amides is 1. The summed E-state index contributed by atoms with van der Waals surface area (Å²) >= 11 is 0. The minimum atomic E-state index is -0.862. The van der Waals surface area contributed by atoms with E-state index >= 15 is 0 Å². The van der Waals surface area contributed by atoms with E-state index in [1.807, 2.05) is 0 Å². The number of dihydropyridines is 1. The van der Waals surface area contributed by atoms with Crippen LogP contribution >= 0.6 is 0 Å². The number of imidazole rings is 1. The average Bonchev–Trinajstić information content (AvgIpc) is 2.93. The van der Waals surface area contributed by atoms with Crippen LogP contribution in [0.5, 0.6) is 0 Å². The van der Waals surface area contributed by atoms with Crippen molar-refractivity contribution in [2.75, 3.05) is 17.7 Å². The van der Waals surface area contributed by atoms with Gasteiger partial charge in [-0.05, 0) is 18.4 Å². The number of nitrogens with zero attached hydrogens (tertiary/aromatic N) is 3. The number of aliphatic hydroxyl groups excluding tert-OH is 1. The van der Waals surface area contributed by atoms with Crippen molar-refractivity contribution in [2.45, 2.75) is 6.23 Å². The molecule has 0 bridgehead atoms. The highest BCUT2D eigenvalue weighted by atomic mass is 16.3. The van der Waals surface area contributed by atoms with Gasteiger partial charge in [0.2, 0.25) is 0 Å². The van der Waals surface area contributed by atoms with Crippen LogP contribution in [0.4, 0.5) is 11.5 Å². The Morgan fingerprint density at radius 1 is 1.55 bits per heavy atom. The normalized spacial score (nSPS) is 17.0. The number of allylic oxidation sites excluding steroid dienone is 2. The summed E-state index contributed by atoms with van der Waals surface area (Å²) in [4.78, 5) is 15.6. The van der Waals surface area contributed by atoms with Gasteiger partial charge in [-0.2, -0.15) is 0 Å². The fourth-order valence-corrected chi connectivity index (χ4v) is 2.12. The Hall–Kier alpha value is -3.07. The van der Waals surface area contributed by atoms with Crippen LogP contribution in [-0.2, 0) is 0 Å². The zero-order valence-electron chi connectivity index (χ0n) is 11.7. The van der Waals surface area contributed by atoms with Gasteiger partial charge in [0.15, 0.2) is 17.7 Å². The summed E-state index contributed by atoms with van der Waals surface area (Å²) in [5.41, 5.74) is 7.17. The molecule has 0 aromatic carbocycles. The van der Waals surface area contributed by atoms with E-state index in [0.29, 0.717) is 22.8 Å². The Bertz CT molecular complexity index is 793. The number of amides is 1. The van der Waals surface area contributed by atoms with Gasteiger partial charge in [0.1, 0.15) is 5.69 Å². The number of anilines is 2. The Balaban J connectivity index is 2.06. The number of hydrogen-bond donors (Lipinski definition) is 5. The van der Waals surface area contributed by atoms with E-state index in [1.54, 1.807) is 31.5 Å². The number of aliphatic hydroxyl groups is 1. The van der Waals surface area contributed by atoms with Crippen LogP contribution in [0.25, 0.3) is 5.65 Å². The molecule has 0 aliphatic carbocycles. The lowest BCUT2D eigenvalue weighted by atomic mass is 10.3. The smallest absolute Gasteiger partial charge is 0.269 e. The molecular weight excluding hydrogens is 286 g/mol. The predicted molar refractivity (Wildman–Crippen MR) is 81.0 cm³/mol. The maximum Gasteiger partial charge on any atom is 0.269 e. The molecule has 3 rings (SSSR count). The molecule has 1 aliphatic heterocycles. The first-order valence-electron chi connectivity index (χ1n) is 6.54. The van der Waals surface area contributed by atoms with Gasteiger partial charge in [-0.15, -0.1) is 5.10 Å². The van der Waals surface area contributed by atoms with E-state index in [0.717, 1.165) is 0 Å². The van der Waals surface area contributed by atoms with Gasteiger partial charge in [0.05, 0.1) is 17.6 Å². The highest BCUT2D eigenvalue weighted by molar-refractivity contribution is 5.92. The number of fused-ring (bicyclic) bond motifs is 1. The molecule has 1 atom stereocenters. The summed E-state index contributed by atoms with van der Waals surface area (Å²) in [5, 5.41) is 22.9. The van der Waals surface area contributed by atoms with Crippen LogP contribution in [-0.4, -0.2) is 38.9 Å². The van der Waals surface area contributed by atoms with Crippen LogP contribution in [0.2, 0.25) is 0 Å². The average molecular weight is 301 g/mol. The summed E-state index contributed by atoms with van der Waals surface area (Å²) in [5.74, 6) is -0.194. The molecule has 9 heteroatoms. The predicted octanol–water partition coefficient (Wildman–Crippen LogP) is -0.399. The largest absolute Gasteiger partial charge is 0.385 e. The van der Waals surface area contributed by atoms with Crippen molar-refractivity contribution in [3.8, 4) is 0 Å². The molecule has 3 heterocycles. The first-order valence-corrected chi connectivity index (χ1v) is 6.54. The lowest BCUT2D eigenvalue weighted by molar-refractivity contribution is 0.0993. The maximum absolute atomic E-state index is 11.4. The van der Waals surface area contributed by atoms with Crippen molar-refractivity contribution in [3.63, 3.8) is 0 Å². The topological polar surface area (TPSA) is 130 Å². The Labute approximate surface area is 125 Å². The number of nitrogens with two attached hydrogens (primary N) is 1. The number of aromatic nitrogens is 3. The van der Waals surface area contributed by atoms with Crippen LogP contribution in [0.3, 0.4) is 0 Å². The van der Waals surface area contributed by atoms with E-state index in [-0.39, 0.29) is 5.69 Å². The third-order valence-electron chi connectivity index (χ3n) is 3.18. The zero-order valence-corrected chi connectivity index (χ0v) is 11.7. The molecule has 9 nitrogen and oxygen atoms in total. The third kappa shape index (κ3) is 2.33. The standard InChI is InChI=1S/C13H15N7O2/c1-15-8-5-10(18-7-3-2-4-16-13(7)22)19-20-9(11(14)21)6-17-12(8)20/h2-6,13,15-16,22H,1H3,(H2,14,21)(H,18,19). The Morgan fingerprint density at radius 3 is 3.05 bits per heavy atom. The van der Waals surface area contributed by atoms with Crippen molar-refractivity contribution in [1.29, 1.82) is 0 Å². The second-order valence-electron chi connectivity index (χ2n) is 4.61. The molecule has 22 heavy (non-hydrogen) atoms. The molecule has 0 fully saturated rings. The van der Waals surface area contributed by atoms with E-state index in [1.165, 1.54) is 10.7 Å². The quantitative estimate of drug-likeness (QED) is 0.519. The second kappa shape index (κ2) is 5.37. The molecule has 2 aromatic rings. The van der Waals surface area contributed by atoms with Gasteiger partial charge in [-0.25, -0.2) is 9.50 Å². The lowest BCUT2D eigenvalue weighted by Crippen LogP contribution is -2.31. The molecule has 114 valence electrons. The first-order chi connectivity index (χ1) is 10.6. The summed E-state index contributed by atoms with van der Waals surface area (Å²) < 4.78 is 1.36. The molecule has 0 saturated heterocycles. The van der Waals surface area contributed by atoms with Gasteiger partial charge >= 0.3 is 0 Å². The van der Waals surface area contributed by atoms with Crippen molar-refractivity contribution in [2.24, 2.45) is 5.73 Å². The fourth-order valence-electron chi connectivity index (χ4n) is 2.12. The van der Waals surface area contributed by atoms with Crippen LogP contribution in [0.15, 0.2) is 36.3 Å². The Morgan fingerprint density at radius 2 is 2.36 bits per heavy atom. The summed E-state index contributed by atoms with van der Waals surface area (Å²) in [7, 11) is 1.73. The van der Waals surface area contributed by atoms with E-state index in [2.05, 4.69) is 26.0 Å². The van der Waals surface area contributed by atoms with E-state index in [4.69, 9.17) is 5.73 Å². The SMILES string of the molecule is CNc1cc(NC2=CC=CNC2O)nn2c(C(N)=O)cnc12. The molecule has 0 spiro atoms. The number of carbonyl (C=O) groups is 1. The fraction of sp³-hybridized carbons (Fsp3) is 0.154. The lowest BCUT2D eigenvalue weighted by Gasteiger charge is -2.19. The highest BCUT2D eigenvalue weighted by Gasteiger charge is 2.16. The minimum absolute atomic E-state index is 0.173. The maximum atomic E-state index is 11.4. The molecule has 1 unspecified atom stereocenters. The van der Waals surface area contributed by atoms with Crippen molar-refractivity contribution >= 4 is 23.1 Å². The monoisotopic (exact) mass is 301 g/mol. The van der Waals surface area contributed by atoms with Gasteiger partial charge in [0.25, 0.3) is 5.91 Å². The molecule has 1 amide bonds. The van der Waals surface area contributed by atoms with Gasteiger partial charge in [-0.1, -0.05) is 0 Å². The van der Waals surface area contributed by atoms with Crippen LogP contribution in [0.1, 0.15) is 10.5 Å². The minimum Gasteiger partial charge on any atom is -0.385 e. The van der Waals surface area contributed by atoms with Crippen molar-refractivity contribution < 1.29 is 9.90 Å². The summed E-state index contributed by atoms with van der Waals surface area (Å²) in [6.07, 6.45) is 5.60. The number of carbonyl (C=O) groups excluding carboxylic acids is 1. The number of nitrogens with one attached hydrogen (secondary N) is 3. The molecule has 0 radical (unpaired) electrons. The molecule has 0 saturated carbocycles. The molecule has 6 N–H and O–H groups in total. The highest BCUT2D eigenvalue weighted by Crippen LogP contribution is 2.21. The summed E-state index contributed by atoms with van der Waals surface area (Å²) in [6, 6.07) is 1.72. The van der Waals surface area contributed by atoms with E-state index in [9.17, 15) is 9.90 Å². The van der Waals surface area contributed by atoms with Gasteiger partial charge in [-0.3, -0.25) is 4.79 Å². The molecule has 2 aromatic heterocycles. The first kappa shape index (κ1) is 13.9. The summed E-state index contributed by atoms with van der Waals surface area (Å²) in [6.45, 7) is 0. The Kier molecular flexibility index (Phi) is 3.39. The van der Waals surface area contributed by atoms with Crippen molar-refractivity contribution in [1.82, 2.24) is 19.9 Å². The van der Waals surface area contributed by atoms with Gasteiger partial charge < -0.3 is 26.8 Å². The van der Waals surface area contributed by atoms with Crippen molar-refractivity contribution in [3.05, 3.63) is 42.0 Å². The molecular formula is C13H15N7O2. The second-order valence-corrected chi connectivity index (χ2v) is 4.61. The number of rotatable bonds is 4. The van der Waals surface area contributed by atoms with Crippen LogP contribution in [0, 0.1) is 0 Å². The number of hydrogen-bond acceptors (Lipinski definition) is 7.